The first kappa shape index (κ1) is 18.4. The number of ketones is 1. The zero-order chi connectivity index (χ0) is 18.1. The van der Waals surface area contributed by atoms with E-state index >= 15 is 0 Å². The number of aromatic amines is 1. The molecule has 7 heteroatoms. The predicted molar refractivity (Wildman–Crippen MR) is 110 cm³/mol. The van der Waals surface area contributed by atoms with Crippen LogP contribution in [0, 0.1) is 0 Å². The van der Waals surface area contributed by atoms with Crippen molar-refractivity contribution in [3.05, 3.63) is 82.9 Å². The fourth-order valence-electron chi connectivity index (χ4n) is 2.31. The number of pyridine rings is 1. The molecule has 0 amide bonds. The lowest BCUT2D eigenvalue weighted by atomic mass is 10.1. The van der Waals surface area contributed by atoms with Gasteiger partial charge in [0.15, 0.2) is 5.78 Å². The average Bonchev–Trinajstić information content (AvgIpc) is 2.53. The summed E-state index contributed by atoms with van der Waals surface area (Å²) in [5.74, 6) is -0.413. The number of hydrogen-bond donors (Lipinski definition) is 1. The van der Waals surface area contributed by atoms with Gasteiger partial charge in [-0.2, -0.15) is 0 Å². The van der Waals surface area contributed by atoms with Crippen molar-refractivity contribution in [2.45, 2.75) is 0 Å². The molecule has 1 heterocycles. The molecule has 0 atom stereocenters. The van der Waals surface area contributed by atoms with Gasteiger partial charge < -0.3 is 4.98 Å². The number of aromatic nitrogens is 1. The summed E-state index contributed by atoms with van der Waals surface area (Å²) in [4.78, 5) is 27.4. The third kappa shape index (κ3) is 4.06. The van der Waals surface area contributed by atoms with Gasteiger partial charge in [-0.05, 0) is 48.0 Å². The van der Waals surface area contributed by atoms with E-state index in [9.17, 15) is 9.59 Å². The van der Waals surface area contributed by atoms with Crippen molar-refractivity contribution in [2.24, 2.45) is 0 Å². The predicted octanol–water partition coefficient (Wildman–Crippen LogP) is 6.26. The van der Waals surface area contributed by atoms with Crippen molar-refractivity contribution in [1.82, 2.24) is 4.98 Å². The summed E-state index contributed by atoms with van der Waals surface area (Å²) in [6.07, 6.45) is 2.87. The molecule has 1 N–H and O–H groups in total. The van der Waals surface area contributed by atoms with E-state index in [2.05, 4.69) is 36.8 Å². The van der Waals surface area contributed by atoms with E-state index < -0.39 is 11.3 Å². The van der Waals surface area contributed by atoms with Crippen molar-refractivity contribution < 1.29 is 4.79 Å². The van der Waals surface area contributed by atoms with Gasteiger partial charge in [-0.1, -0.05) is 61.1 Å². The van der Waals surface area contributed by atoms with Crippen LogP contribution in [-0.2, 0) is 0 Å². The van der Waals surface area contributed by atoms with Gasteiger partial charge >= 0.3 is 0 Å². The molecule has 0 saturated carbocycles. The Morgan fingerprint density at radius 3 is 2.56 bits per heavy atom. The highest BCUT2D eigenvalue weighted by Crippen LogP contribution is 2.27. The van der Waals surface area contributed by atoms with Crippen molar-refractivity contribution in [2.75, 3.05) is 0 Å². The second kappa shape index (κ2) is 7.46. The number of H-pyrrole nitrogens is 1. The quantitative estimate of drug-likeness (QED) is 0.340. The first-order valence-corrected chi connectivity index (χ1v) is 9.39. The summed E-state index contributed by atoms with van der Waals surface area (Å²) in [7, 11) is 0. The van der Waals surface area contributed by atoms with E-state index in [0.717, 1.165) is 14.3 Å². The largest absolute Gasteiger partial charge is 0.321 e. The molecule has 0 bridgehead atoms. The maximum atomic E-state index is 12.4. The van der Waals surface area contributed by atoms with Gasteiger partial charge in [0.05, 0.1) is 11.1 Å². The second-order valence-electron chi connectivity index (χ2n) is 5.22. The summed E-state index contributed by atoms with van der Waals surface area (Å²) in [5.41, 5.74) is 0.875. The molecule has 3 aromatic rings. The van der Waals surface area contributed by atoms with E-state index in [0.29, 0.717) is 21.1 Å². The molecule has 0 unspecified atom stereocenters. The van der Waals surface area contributed by atoms with E-state index in [4.69, 9.17) is 23.2 Å². The Kier molecular flexibility index (Phi) is 5.49. The molecular formula is C18H9Br2Cl2NO2. The maximum Gasteiger partial charge on any atom is 0.259 e. The molecule has 0 saturated heterocycles. The molecule has 1 aromatic heterocycles. The van der Waals surface area contributed by atoms with Crippen LogP contribution in [0.15, 0.2) is 56.2 Å². The monoisotopic (exact) mass is 499 g/mol. The minimum atomic E-state index is -0.450. The normalized spacial score (nSPS) is 11.4. The highest BCUT2D eigenvalue weighted by molar-refractivity contribution is 9.11. The van der Waals surface area contributed by atoms with Crippen LogP contribution in [-0.4, -0.2) is 10.8 Å². The van der Waals surface area contributed by atoms with Crippen LogP contribution in [0.3, 0.4) is 0 Å². The maximum absolute atomic E-state index is 12.4. The zero-order valence-electron chi connectivity index (χ0n) is 12.4. The molecule has 126 valence electrons. The van der Waals surface area contributed by atoms with Gasteiger partial charge in [0.1, 0.15) is 0 Å². The number of hydrogen-bond acceptors (Lipinski definition) is 2. The van der Waals surface area contributed by atoms with Crippen molar-refractivity contribution in [3.8, 4) is 0 Å². The van der Waals surface area contributed by atoms with Crippen LogP contribution < -0.4 is 5.56 Å². The molecule has 25 heavy (non-hydrogen) atoms. The number of halogens is 4. The SMILES string of the molecule is O=C(C=Cc1ccc(Cl)cc1Cl)c1cc2c(Br)cc(Br)cc2[nH]c1=O. The number of carbonyl (C=O) groups is 1. The van der Waals surface area contributed by atoms with Crippen molar-refractivity contribution in [3.63, 3.8) is 0 Å². The lowest BCUT2D eigenvalue weighted by Gasteiger charge is -2.04. The summed E-state index contributed by atoms with van der Waals surface area (Å²) < 4.78 is 1.59. The summed E-state index contributed by atoms with van der Waals surface area (Å²) in [6.45, 7) is 0. The molecule has 0 aliphatic heterocycles. The number of nitrogens with one attached hydrogen (secondary N) is 1. The molecular weight excluding hydrogens is 493 g/mol. The minimum absolute atomic E-state index is 0.0526. The minimum Gasteiger partial charge on any atom is -0.321 e. The van der Waals surface area contributed by atoms with Gasteiger partial charge in [0.25, 0.3) is 5.56 Å². The Morgan fingerprint density at radius 2 is 1.84 bits per heavy atom. The third-order valence-corrected chi connectivity index (χ3v) is 5.19. The van der Waals surface area contributed by atoms with Crippen LogP contribution in [0.1, 0.15) is 15.9 Å². The third-order valence-electron chi connectivity index (χ3n) is 3.52. The van der Waals surface area contributed by atoms with Crippen LogP contribution in [0.4, 0.5) is 0 Å². The molecule has 3 rings (SSSR count). The first-order valence-electron chi connectivity index (χ1n) is 7.04. The topological polar surface area (TPSA) is 49.9 Å². The van der Waals surface area contributed by atoms with Gasteiger partial charge in [-0.25, -0.2) is 0 Å². The smallest absolute Gasteiger partial charge is 0.259 e. The molecule has 2 aromatic carbocycles. The average molecular weight is 502 g/mol. The van der Waals surface area contributed by atoms with E-state index in [1.807, 2.05) is 6.07 Å². The number of rotatable bonds is 3. The van der Waals surface area contributed by atoms with Gasteiger partial charge in [-0.15, -0.1) is 0 Å². The lowest BCUT2D eigenvalue weighted by molar-refractivity contribution is 0.104. The van der Waals surface area contributed by atoms with Crippen LogP contribution in [0.25, 0.3) is 17.0 Å². The summed E-state index contributed by atoms with van der Waals surface area (Å²) in [6, 6.07) is 10.2. The van der Waals surface area contributed by atoms with E-state index in [1.54, 1.807) is 36.4 Å². The highest BCUT2D eigenvalue weighted by atomic mass is 79.9. The van der Waals surface area contributed by atoms with Crippen LogP contribution in [0.2, 0.25) is 10.0 Å². The second-order valence-corrected chi connectivity index (χ2v) is 7.84. The highest BCUT2D eigenvalue weighted by Gasteiger charge is 2.12. The molecule has 0 radical (unpaired) electrons. The van der Waals surface area contributed by atoms with Crippen LogP contribution in [0.5, 0.6) is 0 Å². The molecule has 0 aliphatic rings. The lowest BCUT2D eigenvalue weighted by Crippen LogP contribution is -2.16. The van der Waals surface area contributed by atoms with Gasteiger partial charge in [0.2, 0.25) is 0 Å². The summed E-state index contributed by atoms with van der Waals surface area (Å²) >= 11 is 18.7. The van der Waals surface area contributed by atoms with E-state index in [1.165, 1.54) is 6.08 Å². The Labute approximate surface area is 169 Å². The Morgan fingerprint density at radius 1 is 1.08 bits per heavy atom. The van der Waals surface area contributed by atoms with Crippen molar-refractivity contribution in [1.29, 1.82) is 0 Å². The number of benzene rings is 2. The Balaban J connectivity index is 2.01. The van der Waals surface area contributed by atoms with Crippen molar-refractivity contribution >= 4 is 77.8 Å². The van der Waals surface area contributed by atoms with E-state index in [-0.39, 0.29) is 5.56 Å². The molecule has 3 nitrogen and oxygen atoms in total. The number of carbonyl (C=O) groups excluding carboxylic acids is 1. The fraction of sp³-hybridized carbons (Fsp3) is 0. The van der Waals surface area contributed by atoms with Gasteiger partial charge in [-0.3, -0.25) is 9.59 Å². The molecule has 0 fully saturated rings. The standard InChI is InChI=1S/C18H9Br2Cl2NO2/c19-10-5-14(20)12-8-13(18(25)23-16(12)6-10)17(24)4-2-9-1-3-11(21)7-15(9)22/h1-8H,(H,23,25). The van der Waals surface area contributed by atoms with Crippen LogP contribution >= 0.6 is 55.1 Å². The Hall–Kier alpha value is -1.40. The van der Waals surface area contributed by atoms with Gasteiger partial charge in [0, 0.05) is 24.4 Å². The Bertz CT molecular complexity index is 1090. The summed E-state index contributed by atoms with van der Waals surface area (Å²) in [5, 5.41) is 1.68. The molecule has 0 aliphatic carbocycles. The zero-order valence-corrected chi connectivity index (χ0v) is 17.1. The number of allylic oxidation sites excluding steroid dienone is 1. The fourth-order valence-corrected chi connectivity index (χ4v) is 4.12. The molecule has 0 spiro atoms. The number of fused-ring (bicyclic) bond motifs is 1. The first-order chi connectivity index (χ1) is 11.8.